The van der Waals surface area contributed by atoms with E-state index in [1.54, 1.807) is 0 Å². The molecule has 1 saturated heterocycles. The third-order valence-electron chi connectivity index (χ3n) is 7.48. The number of rotatable bonds is 10. The molecule has 11 nitrogen and oxygen atoms in total. The molecular formula is C27H38N4O7S2. The average Bonchev–Trinajstić information content (AvgIpc) is 2.96. The Morgan fingerprint density at radius 3 is 2.08 bits per heavy atom. The van der Waals surface area contributed by atoms with Gasteiger partial charge in [0.2, 0.25) is 26.0 Å². The highest BCUT2D eigenvalue weighted by atomic mass is 32.2. The van der Waals surface area contributed by atoms with E-state index in [1.165, 1.54) is 65.3 Å². The van der Waals surface area contributed by atoms with Gasteiger partial charge in [0.15, 0.2) is 11.5 Å². The predicted molar refractivity (Wildman–Crippen MR) is 152 cm³/mol. The number of hydrogen-bond acceptors (Lipinski definition) is 8. The Labute approximate surface area is 237 Å². The molecule has 1 N–H and O–H groups in total. The number of nitrogens with one attached hydrogen (secondary N) is 1. The Morgan fingerprint density at radius 2 is 1.48 bits per heavy atom. The molecule has 2 fully saturated rings. The molecule has 1 saturated carbocycles. The van der Waals surface area contributed by atoms with Crippen LogP contribution < -0.4 is 14.8 Å². The van der Waals surface area contributed by atoms with E-state index >= 15 is 0 Å². The van der Waals surface area contributed by atoms with Crippen molar-refractivity contribution in [2.24, 2.45) is 0 Å². The van der Waals surface area contributed by atoms with E-state index in [0.717, 1.165) is 19.3 Å². The van der Waals surface area contributed by atoms with Crippen LogP contribution in [0.25, 0.3) is 0 Å². The Kier molecular flexibility index (Phi) is 9.72. The Morgan fingerprint density at radius 1 is 0.875 bits per heavy atom. The van der Waals surface area contributed by atoms with Crippen LogP contribution in [-0.4, -0.2) is 96.3 Å². The normalized spacial score (nSPS) is 18.0. The van der Waals surface area contributed by atoms with E-state index in [4.69, 9.17) is 9.47 Å². The van der Waals surface area contributed by atoms with Crippen molar-refractivity contribution in [2.45, 2.75) is 47.9 Å². The molecule has 1 amide bonds. The number of nitrogens with zero attached hydrogens (tertiary/aromatic N) is 3. The topological polar surface area (TPSA) is 126 Å². The number of carbonyl (C=O) groups excluding carboxylic acids is 1. The van der Waals surface area contributed by atoms with E-state index in [1.807, 2.05) is 7.05 Å². The molecule has 0 radical (unpaired) electrons. The summed E-state index contributed by atoms with van der Waals surface area (Å²) in [6, 6.07) is 10.0. The summed E-state index contributed by atoms with van der Waals surface area (Å²) in [4.78, 5) is 15.4. The largest absolute Gasteiger partial charge is 0.493 e. The molecule has 13 heteroatoms. The fourth-order valence-electron chi connectivity index (χ4n) is 5.12. The summed E-state index contributed by atoms with van der Waals surface area (Å²) >= 11 is 0. The lowest BCUT2D eigenvalue weighted by Gasteiger charge is -2.33. The zero-order chi connectivity index (χ0) is 28.9. The van der Waals surface area contributed by atoms with Crippen LogP contribution in [0.4, 0.5) is 5.69 Å². The number of hydrogen-bond donors (Lipinski definition) is 1. The molecule has 1 heterocycles. The minimum Gasteiger partial charge on any atom is -0.493 e. The zero-order valence-electron chi connectivity index (χ0n) is 23.2. The average molecular weight is 595 g/mol. The SMILES string of the molecule is COc1ccc(S(=O)(=O)N(CC(=O)Nc2ccc(S(=O)(=O)N3CCN(C)CC3)cc2)C2CCCCC2)cc1OC. The maximum Gasteiger partial charge on any atom is 0.243 e. The van der Waals surface area contributed by atoms with Crippen molar-refractivity contribution >= 4 is 31.6 Å². The predicted octanol–water partition coefficient (Wildman–Crippen LogP) is 2.60. The second kappa shape index (κ2) is 12.9. The second-order valence-corrected chi connectivity index (χ2v) is 14.0. The molecule has 220 valence electrons. The number of ether oxygens (including phenoxy) is 2. The van der Waals surface area contributed by atoms with Crippen LogP contribution in [0.15, 0.2) is 52.3 Å². The molecule has 4 rings (SSSR count). The highest BCUT2D eigenvalue weighted by Crippen LogP contribution is 2.33. The Bertz CT molecular complexity index is 1380. The lowest BCUT2D eigenvalue weighted by Crippen LogP contribution is -2.47. The first-order chi connectivity index (χ1) is 19.1. The van der Waals surface area contributed by atoms with E-state index < -0.39 is 26.0 Å². The van der Waals surface area contributed by atoms with E-state index in [0.29, 0.717) is 50.5 Å². The number of benzene rings is 2. The van der Waals surface area contributed by atoms with E-state index in [-0.39, 0.29) is 28.1 Å². The van der Waals surface area contributed by atoms with Crippen molar-refractivity contribution in [3.8, 4) is 11.5 Å². The van der Waals surface area contributed by atoms with Gasteiger partial charge in [-0.05, 0) is 56.3 Å². The molecule has 0 atom stereocenters. The number of likely N-dealkylation sites (N-methyl/N-ethyl adjacent to an activating group) is 1. The number of amides is 1. The van der Waals surface area contributed by atoms with Crippen LogP contribution >= 0.6 is 0 Å². The molecule has 0 spiro atoms. The standard InChI is InChI=1S/C27H38N4O7S2/c1-29-15-17-30(18-16-29)39(33,34)23-11-9-21(10-12-23)28-27(32)20-31(22-7-5-4-6-8-22)40(35,36)24-13-14-25(37-2)26(19-24)38-3/h9-14,19,22H,4-8,15-18,20H2,1-3H3,(H,28,32). The van der Waals surface area contributed by atoms with Crippen LogP contribution in [-0.2, 0) is 24.8 Å². The quantitative estimate of drug-likeness (QED) is 0.445. The van der Waals surface area contributed by atoms with Crippen molar-refractivity contribution in [2.75, 3.05) is 59.3 Å². The summed E-state index contributed by atoms with van der Waals surface area (Å²) < 4.78 is 66.9. The maximum absolute atomic E-state index is 13.8. The van der Waals surface area contributed by atoms with Gasteiger partial charge < -0.3 is 19.7 Å². The fourth-order valence-corrected chi connectivity index (χ4v) is 8.20. The van der Waals surface area contributed by atoms with Crippen molar-refractivity contribution in [1.82, 2.24) is 13.5 Å². The van der Waals surface area contributed by atoms with Gasteiger partial charge in [-0.15, -0.1) is 0 Å². The molecule has 2 aliphatic rings. The maximum atomic E-state index is 13.8. The monoisotopic (exact) mass is 594 g/mol. The highest BCUT2D eigenvalue weighted by Gasteiger charge is 2.35. The van der Waals surface area contributed by atoms with E-state index in [9.17, 15) is 21.6 Å². The Hall–Kier alpha value is -2.71. The number of anilines is 1. The first-order valence-corrected chi connectivity index (χ1v) is 16.3. The number of carbonyl (C=O) groups is 1. The van der Waals surface area contributed by atoms with Gasteiger partial charge >= 0.3 is 0 Å². The number of sulfonamides is 2. The van der Waals surface area contributed by atoms with Crippen LogP contribution in [0.2, 0.25) is 0 Å². The molecule has 0 aromatic heterocycles. The summed E-state index contributed by atoms with van der Waals surface area (Å²) in [6.07, 6.45) is 4.12. The van der Waals surface area contributed by atoms with Crippen LogP contribution in [0.3, 0.4) is 0 Å². The molecule has 1 aliphatic heterocycles. The van der Waals surface area contributed by atoms with Gasteiger partial charge in [-0.2, -0.15) is 8.61 Å². The molecule has 2 aromatic carbocycles. The highest BCUT2D eigenvalue weighted by molar-refractivity contribution is 7.89. The molecule has 1 aliphatic carbocycles. The van der Waals surface area contributed by atoms with Crippen molar-refractivity contribution < 1.29 is 31.1 Å². The first kappa shape index (κ1) is 30.3. The summed E-state index contributed by atoms with van der Waals surface area (Å²) in [7, 11) is -2.82. The fraction of sp³-hybridized carbons (Fsp3) is 0.519. The Balaban J connectivity index is 1.51. The van der Waals surface area contributed by atoms with Crippen LogP contribution in [0.5, 0.6) is 11.5 Å². The van der Waals surface area contributed by atoms with Gasteiger partial charge in [0, 0.05) is 44.0 Å². The van der Waals surface area contributed by atoms with Crippen molar-refractivity contribution in [3.63, 3.8) is 0 Å². The van der Waals surface area contributed by atoms with Gasteiger partial charge in [0.05, 0.1) is 30.6 Å². The van der Waals surface area contributed by atoms with Crippen molar-refractivity contribution in [1.29, 1.82) is 0 Å². The molecule has 0 bridgehead atoms. The lowest BCUT2D eigenvalue weighted by atomic mass is 9.95. The molecule has 40 heavy (non-hydrogen) atoms. The molecule has 2 aromatic rings. The summed E-state index contributed by atoms with van der Waals surface area (Å²) in [5.41, 5.74) is 0.384. The summed E-state index contributed by atoms with van der Waals surface area (Å²) in [5, 5.41) is 2.74. The van der Waals surface area contributed by atoms with E-state index in [2.05, 4.69) is 10.2 Å². The molecule has 0 unspecified atom stereocenters. The third kappa shape index (κ3) is 6.77. The molecular weight excluding hydrogens is 556 g/mol. The minimum absolute atomic E-state index is 0.0157. The van der Waals surface area contributed by atoms with Gasteiger partial charge in [0.1, 0.15) is 0 Å². The number of methoxy groups -OCH3 is 2. The van der Waals surface area contributed by atoms with Crippen LogP contribution in [0.1, 0.15) is 32.1 Å². The smallest absolute Gasteiger partial charge is 0.243 e. The van der Waals surface area contributed by atoms with Crippen molar-refractivity contribution in [3.05, 3.63) is 42.5 Å². The first-order valence-electron chi connectivity index (χ1n) is 13.4. The zero-order valence-corrected chi connectivity index (χ0v) is 24.8. The van der Waals surface area contributed by atoms with Crippen LogP contribution in [0, 0.1) is 0 Å². The van der Waals surface area contributed by atoms with Gasteiger partial charge in [0.25, 0.3) is 0 Å². The second-order valence-electron chi connectivity index (χ2n) is 10.1. The third-order valence-corrected chi connectivity index (χ3v) is 11.3. The number of piperazine rings is 1. The summed E-state index contributed by atoms with van der Waals surface area (Å²) in [6.45, 7) is 1.79. The van der Waals surface area contributed by atoms with Gasteiger partial charge in [-0.25, -0.2) is 16.8 Å². The minimum atomic E-state index is -4.04. The summed E-state index contributed by atoms with van der Waals surface area (Å²) in [5.74, 6) is 0.175. The van der Waals surface area contributed by atoms with Gasteiger partial charge in [-0.3, -0.25) is 4.79 Å². The lowest BCUT2D eigenvalue weighted by molar-refractivity contribution is -0.116. The van der Waals surface area contributed by atoms with Gasteiger partial charge in [-0.1, -0.05) is 19.3 Å².